The maximum atomic E-state index is 12.5. The third-order valence-electron chi connectivity index (χ3n) is 3.48. The predicted molar refractivity (Wildman–Crippen MR) is 107 cm³/mol. The maximum absolute atomic E-state index is 12.5. The van der Waals surface area contributed by atoms with Gasteiger partial charge in [-0.15, -0.1) is 0 Å². The van der Waals surface area contributed by atoms with Crippen LogP contribution in [0.5, 0.6) is 5.75 Å². The summed E-state index contributed by atoms with van der Waals surface area (Å²) in [6.07, 6.45) is 3.07. The number of nitrogens with zero attached hydrogens (tertiary/aromatic N) is 3. The van der Waals surface area contributed by atoms with Crippen LogP contribution in [-0.2, 0) is 0 Å². The summed E-state index contributed by atoms with van der Waals surface area (Å²) >= 11 is 9.57. The minimum absolute atomic E-state index is 0.00205. The Labute approximate surface area is 163 Å². The molecule has 0 atom stereocenters. The second-order valence-corrected chi connectivity index (χ2v) is 6.51. The van der Waals surface area contributed by atoms with Gasteiger partial charge in [-0.1, -0.05) is 39.7 Å². The number of halogens is 2. The van der Waals surface area contributed by atoms with Crippen molar-refractivity contribution in [3.05, 3.63) is 80.1 Å². The average molecular weight is 434 g/mol. The second-order valence-electron chi connectivity index (χ2n) is 5.21. The van der Waals surface area contributed by atoms with Gasteiger partial charge in [0.2, 0.25) is 0 Å². The van der Waals surface area contributed by atoms with Gasteiger partial charge in [0, 0.05) is 4.47 Å². The van der Waals surface area contributed by atoms with Gasteiger partial charge in [-0.3, -0.25) is 10.2 Å². The van der Waals surface area contributed by atoms with Crippen LogP contribution in [0.15, 0.2) is 69.1 Å². The predicted octanol–water partition coefficient (Wildman–Crippen LogP) is 4.10. The normalized spacial score (nSPS) is 10.9. The molecule has 132 valence electrons. The zero-order chi connectivity index (χ0) is 18.5. The fourth-order valence-electron chi connectivity index (χ4n) is 2.18. The Kier molecular flexibility index (Phi) is 5.70. The lowest BCUT2D eigenvalue weighted by molar-refractivity contribution is 0.414. The highest BCUT2D eigenvalue weighted by molar-refractivity contribution is 9.10. The second kappa shape index (κ2) is 8.16. The Balaban J connectivity index is 1.82. The van der Waals surface area contributed by atoms with Crippen LogP contribution < -0.4 is 15.7 Å². The number of aromatic nitrogens is 2. The van der Waals surface area contributed by atoms with E-state index in [1.165, 1.54) is 10.9 Å². The topological polar surface area (TPSA) is 68.5 Å². The SMILES string of the molecule is COc1ccc(-n2ncc(N/N=C\c3cccc(Br)c3)c(Cl)c2=O)cc1. The number of hydrazone groups is 1. The molecule has 0 aliphatic rings. The lowest BCUT2D eigenvalue weighted by Crippen LogP contribution is -2.22. The molecule has 1 heterocycles. The van der Waals surface area contributed by atoms with E-state index in [9.17, 15) is 4.79 Å². The van der Waals surface area contributed by atoms with E-state index in [2.05, 4.69) is 31.6 Å². The molecule has 0 fully saturated rings. The van der Waals surface area contributed by atoms with Crippen LogP contribution in [0.2, 0.25) is 5.02 Å². The smallest absolute Gasteiger partial charge is 0.292 e. The largest absolute Gasteiger partial charge is 0.497 e. The molecule has 3 rings (SSSR count). The molecule has 0 amide bonds. The fourth-order valence-corrected chi connectivity index (χ4v) is 2.77. The highest BCUT2D eigenvalue weighted by Gasteiger charge is 2.10. The molecule has 6 nitrogen and oxygen atoms in total. The summed E-state index contributed by atoms with van der Waals surface area (Å²) in [6, 6.07) is 14.6. The summed E-state index contributed by atoms with van der Waals surface area (Å²) in [4.78, 5) is 12.5. The molecule has 0 aliphatic heterocycles. The van der Waals surface area contributed by atoms with E-state index >= 15 is 0 Å². The van der Waals surface area contributed by atoms with Gasteiger partial charge < -0.3 is 4.74 Å². The molecule has 3 aromatic rings. The first kappa shape index (κ1) is 18.2. The van der Waals surface area contributed by atoms with Crippen LogP contribution >= 0.6 is 27.5 Å². The van der Waals surface area contributed by atoms with E-state index in [-0.39, 0.29) is 5.02 Å². The van der Waals surface area contributed by atoms with E-state index in [1.54, 1.807) is 37.6 Å². The standard InChI is InChI=1S/C18H14BrClN4O2/c1-26-15-7-5-14(6-8-15)24-18(25)17(20)16(11-22-24)23-21-10-12-3-2-4-13(19)9-12/h2-11,23H,1H3/b21-10-. The molecule has 0 aliphatic carbocycles. The molecule has 0 radical (unpaired) electrons. The van der Waals surface area contributed by atoms with Crippen molar-refractivity contribution in [3.8, 4) is 11.4 Å². The summed E-state index contributed by atoms with van der Waals surface area (Å²) in [6.45, 7) is 0. The number of nitrogens with one attached hydrogen (secondary N) is 1. The molecule has 1 aromatic heterocycles. The summed E-state index contributed by atoms with van der Waals surface area (Å²) in [5.41, 5.74) is 4.10. The van der Waals surface area contributed by atoms with Crippen LogP contribution in [0.4, 0.5) is 5.69 Å². The van der Waals surface area contributed by atoms with Crippen molar-refractivity contribution in [2.75, 3.05) is 12.5 Å². The van der Waals surface area contributed by atoms with Crippen LogP contribution in [0, 0.1) is 0 Å². The molecule has 2 aromatic carbocycles. The third-order valence-corrected chi connectivity index (χ3v) is 4.34. The lowest BCUT2D eigenvalue weighted by atomic mass is 10.2. The summed E-state index contributed by atoms with van der Waals surface area (Å²) in [7, 11) is 1.57. The number of methoxy groups -OCH3 is 1. The Morgan fingerprint density at radius 2 is 2.04 bits per heavy atom. The minimum Gasteiger partial charge on any atom is -0.497 e. The number of ether oxygens (including phenoxy) is 1. The molecule has 0 saturated carbocycles. The van der Waals surface area contributed by atoms with Gasteiger partial charge in [-0.2, -0.15) is 14.9 Å². The number of hydrogen-bond acceptors (Lipinski definition) is 5. The van der Waals surface area contributed by atoms with Gasteiger partial charge in [-0.05, 0) is 42.0 Å². The van der Waals surface area contributed by atoms with Crippen molar-refractivity contribution in [2.24, 2.45) is 5.10 Å². The fraction of sp³-hybridized carbons (Fsp3) is 0.0556. The first-order valence-corrected chi connectivity index (χ1v) is 8.72. The van der Waals surface area contributed by atoms with Crippen molar-refractivity contribution in [1.29, 1.82) is 0 Å². The lowest BCUT2D eigenvalue weighted by Gasteiger charge is -2.08. The van der Waals surface area contributed by atoms with Gasteiger partial charge >= 0.3 is 0 Å². The molecule has 1 N–H and O–H groups in total. The molecule has 0 bridgehead atoms. The Hall–Kier alpha value is -2.64. The van der Waals surface area contributed by atoms with Gasteiger partial charge in [0.1, 0.15) is 16.5 Å². The monoisotopic (exact) mass is 432 g/mol. The zero-order valence-electron chi connectivity index (χ0n) is 13.7. The first-order chi connectivity index (χ1) is 12.6. The molecule has 0 saturated heterocycles. The Morgan fingerprint density at radius 3 is 2.73 bits per heavy atom. The highest BCUT2D eigenvalue weighted by atomic mass is 79.9. The molecule has 0 spiro atoms. The zero-order valence-corrected chi connectivity index (χ0v) is 16.0. The molecule has 0 unspecified atom stereocenters. The first-order valence-electron chi connectivity index (χ1n) is 7.55. The van der Waals surface area contributed by atoms with Crippen molar-refractivity contribution >= 4 is 39.4 Å². The average Bonchev–Trinajstić information content (AvgIpc) is 2.65. The van der Waals surface area contributed by atoms with Crippen LogP contribution in [0.3, 0.4) is 0 Å². The van der Waals surface area contributed by atoms with E-state index < -0.39 is 5.56 Å². The third kappa shape index (κ3) is 4.12. The van der Waals surface area contributed by atoms with Crippen LogP contribution in [0.1, 0.15) is 5.56 Å². The molecular weight excluding hydrogens is 420 g/mol. The van der Waals surface area contributed by atoms with Crippen LogP contribution in [0.25, 0.3) is 5.69 Å². The molecule has 8 heteroatoms. The van der Waals surface area contributed by atoms with Crippen molar-refractivity contribution in [3.63, 3.8) is 0 Å². The van der Waals surface area contributed by atoms with Crippen molar-refractivity contribution in [2.45, 2.75) is 0 Å². The van der Waals surface area contributed by atoms with E-state index in [0.717, 1.165) is 10.0 Å². The number of rotatable bonds is 5. The van der Waals surface area contributed by atoms with E-state index in [1.807, 2.05) is 24.3 Å². The minimum atomic E-state index is -0.445. The summed E-state index contributed by atoms with van der Waals surface area (Å²) < 4.78 is 7.26. The Morgan fingerprint density at radius 1 is 1.27 bits per heavy atom. The van der Waals surface area contributed by atoms with Gasteiger partial charge in [-0.25, -0.2) is 0 Å². The molecule has 26 heavy (non-hydrogen) atoms. The van der Waals surface area contributed by atoms with E-state index in [0.29, 0.717) is 17.1 Å². The number of anilines is 1. The summed E-state index contributed by atoms with van der Waals surface area (Å²) in [5, 5.41) is 8.24. The van der Waals surface area contributed by atoms with Gasteiger partial charge in [0.15, 0.2) is 0 Å². The molecular formula is C18H14BrClN4O2. The van der Waals surface area contributed by atoms with Gasteiger partial charge in [0.25, 0.3) is 5.56 Å². The Bertz CT molecular complexity index is 1000. The number of hydrogen-bond donors (Lipinski definition) is 1. The quantitative estimate of drug-likeness (QED) is 0.486. The summed E-state index contributed by atoms with van der Waals surface area (Å²) in [5.74, 6) is 0.688. The van der Waals surface area contributed by atoms with Gasteiger partial charge in [0.05, 0.1) is 25.2 Å². The number of benzene rings is 2. The van der Waals surface area contributed by atoms with E-state index in [4.69, 9.17) is 16.3 Å². The van der Waals surface area contributed by atoms with Crippen molar-refractivity contribution < 1.29 is 4.74 Å². The van der Waals surface area contributed by atoms with Crippen LogP contribution in [-0.4, -0.2) is 23.1 Å². The highest BCUT2D eigenvalue weighted by Crippen LogP contribution is 2.18. The van der Waals surface area contributed by atoms with Crippen molar-refractivity contribution in [1.82, 2.24) is 9.78 Å². The maximum Gasteiger partial charge on any atom is 0.292 e.